The highest BCUT2D eigenvalue weighted by Crippen LogP contribution is 2.59. The maximum atomic E-state index is 5.53. The fraction of sp³-hybridized carbons (Fsp3) is 0.0167. The molecule has 1 aliphatic carbocycles. The number of pyridine rings is 1. The summed E-state index contributed by atoms with van der Waals surface area (Å²) in [5.41, 5.74) is 17.1. The minimum absolute atomic E-state index is 0.515. The Hall–Kier alpha value is -8.27. The molecule has 294 valence electrons. The summed E-state index contributed by atoms with van der Waals surface area (Å²) in [6, 6.07) is 84.5. The number of fused-ring (bicyclic) bond motifs is 7. The van der Waals surface area contributed by atoms with Crippen molar-refractivity contribution in [3.8, 4) is 67.4 Å². The number of hydrogen-bond donors (Lipinski definition) is 0. The van der Waals surface area contributed by atoms with Gasteiger partial charge >= 0.3 is 0 Å². The summed E-state index contributed by atoms with van der Waals surface area (Å²) in [6.07, 6.45) is 0. The molecule has 0 spiro atoms. The van der Waals surface area contributed by atoms with Gasteiger partial charge in [0.1, 0.15) is 0 Å². The van der Waals surface area contributed by atoms with Gasteiger partial charge in [-0.1, -0.05) is 224 Å². The topological polar surface area (TPSA) is 38.7 Å². The van der Waals surface area contributed by atoms with Crippen LogP contribution in [0, 0.1) is 0 Å². The van der Waals surface area contributed by atoms with Crippen LogP contribution in [-0.4, -0.2) is 15.0 Å². The van der Waals surface area contributed by atoms with Gasteiger partial charge in [-0.3, -0.25) is 0 Å². The summed E-state index contributed by atoms with van der Waals surface area (Å²) in [5.74, 6) is 0.691. The Balaban J connectivity index is 1.05. The lowest BCUT2D eigenvalue weighted by molar-refractivity contribution is 0.769. The van der Waals surface area contributed by atoms with Crippen molar-refractivity contribution in [3.05, 3.63) is 259 Å². The minimum atomic E-state index is -0.515. The number of para-hydroxylation sites is 1. The van der Waals surface area contributed by atoms with Gasteiger partial charge in [-0.15, -0.1) is 0 Å². The van der Waals surface area contributed by atoms with E-state index in [4.69, 9.17) is 15.0 Å². The first-order valence-corrected chi connectivity index (χ1v) is 21.5. The van der Waals surface area contributed by atoms with Crippen LogP contribution in [0.4, 0.5) is 0 Å². The van der Waals surface area contributed by atoms with Crippen LogP contribution in [0.3, 0.4) is 0 Å². The largest absolute Gasteiger partial charge is 0.247 e. The minimum Gasteiger partial charge on any atom is -0.247 e. The molecule has 2 aromatic heterocycles. The van der Waals surface area contributed by atoms with Crippen LogP contribution in [0.1, 0.15) is 22.3 Å². The lowest BCUT2D eigenvalue weighted by atomic mass is 9.67. The second-order valence-electron chi connectivity index (χ2n) is 16.3. The first-order valence-electron chi connectivity index (χ1n) is 21.5. The van der Waals surface area contributed by atoms with Crippen molar-refractivity contribution >= 4 is 21.7 Å². The molecule has 9 aromatic carbocycles. The van der Waals surface area contributed by atoms with E-state index in [-0.39, 0.29) is 0 Å². The summed E-state index contributed by atoms with van der Waals surface area (Å²) >= 11 is 0. The van der Waals surface area contributed by atoms with E-state index in [1.165, 1.54) is 49.9 Å². The van der Waals surface area contributed by atoms with E-state index in [1.54, 1.807) is 0 Å². The normalized spacial score (nSPS) is 12.6. The molecule has 0 N–H and O–H groups in total. The Morgan fingerprint density at radius 3 is 1.44 bits per heavy atom. The Morgan fingerprint density at radius 2 is 0.810 bits per heavy atom. The molecule has 3 nitrogen and oxygen atoms in total. The van der Waals surface area contributed by atoms with Crippen molar-refractivity contribution in [1.29, 1.82) is 0 Å². The Morgan fingerprint density at radius 1 is 0.317 bits per heavy atom. The van der Waals surface area contributed by atoms with Crippen LogP contribution in [-0.2, 0) is 5.41 Å². The van der Waals surface area contributed by atoms with E-state index in [0.717, 1.165) is 55.6 Å². The predicted octanol–water partition coefficient (Wildman–Crippen LogP) is 14.9. The van der Waals surface area contributed by atoms with Gasteiger partial charge in [-0.2, -0.15) is 0 Å². The van der Waals surface area contributed by atoms with Gasteiger partial charge in [0.2, 0.25) is 0 Å². The van der Waals surface area contributed by atoms with E-state index < -0.39 is 5.41 Å². The fourth-order valence-corrected chi connectivity index (χ4v) is 9.91. The highest BCUT2D eigenvalue weighted by atomic mass is 14.9. The fourth-order valence-electron chi connectivity index (χ4n) is 9.91. The molecule has 3 heteroatoms. The zero-order valence-corrected chi connectivity index (χ0v) is 34.4. The van der Waals surface area contributed by atoms with Crippen LogP contribution >= 0.6 is 0 Å². The van der Waals surface area contributed by atoms with Gasteiger partial charge < -0.3 is 0 Å². The van der Waals surface area contributed by atoms with Crippen molar-refractivity contribution in [2.45, 2.75) is 5.41 Å². The monoisotopic (exact) mass is 801 g/mol. The lowest BCUT2D eigenvalue weighted by Gasteiger charge is -2.34. The number of benzene rings is 9. The SMILES string of the molecule is c1ccc(-c2ccc(-c3cc(-c4ccc(-c5nc6ccccc6c6ccc7c(c56)-c5ccccc5C7(c5ccccc5)c5ccccc5)cc4)nc(-c4ccccc4)n3)cc2)cc1. The van der Waals surface area contributed by atoms with Crippen LogP contribution in [0.2, 0.25) is 0 Å². The molecule has 0 radical (unpaired) electrons. The molecule has 11 aromatic rings. The number of hydrogen-bond acceptors (Lipinski definition) is 3. The van der Waals surface area contributed by atoms with E-state index >= 15 is 0 Å². The van der Waals surface area contributed by atoms with Crippen molar-refractivity contribution in [3.63, 3.8) is 0 Å². The molecule has 0 atom stereocenters. The van der Waals surface area contributed by atoms with Gasteiger partial charge in [-0.25, -0.2) is 15.0 Å². The van der Waals surface area contributed by atoms with Crippen molar-refractivity contribution in [1.82, 2.24) is 15.0 Å². The van der Waals surface area contributed by atoms with E-state index in [1.807, 2.05) is 24.3 Å². The number of aromatic nitrogens is 3. The van der Waals surface area contributed by atoms with E-state index in [0.29, 0.717) is 5.82 Å². The third-order valence-electron chi connectivity index (χ3n) is 12.8. The number of nitrogens with zero attached hydrogens (tertiary/aromatic N) is 3. The highest BCUT2D eigenvalue weighted by Gasteiger charge is 2.47. The molecule has 1 aliphatic rings. The third-order valence-corrected chi connectivity index (χ3v) is 12.8. The molecule has 0 fully saturated rings. The number of rotatable bonds is 7. The molecular weight excluding hydrogens is 763 g/mol. The second-order valence-corrected chi connectivity index (χ2v) is 16.3. The molecular formula is C60H39N3. The zero-order valence-electron chi connectivity index (χ0n) is 34.4. The summed E-state index contributed by atoms with van der Waals surface area (Å²) in [7, 11) is 0. The van der Waals surface area contributed by atoms with Crippen molar-refractivity contribution < 1.29 is 0 Å². The Kier molecular flexibility index (Phi) is 8.72. The maximum absolute atomic E-state index is 5.53. The summed E-state index contributed by atoms with van der Waals surface area (Å²) in [5, 5.41) is 3.50. The molecule has 0 saturated carbocycles. The highest BCUT2D eigenvalue weighted by molar-refractivity contribution is 6.18. The summed E-state index contributed by atoms with van der Waals surface area (Å²) in [4.78, 5) is 15.8. The van der Waals surface area contributed by atoms with Crippen molar-refractivity contribution in [2.24, 2.45) is 0 Å². The molecule has 63 heavy (non-hydrogen) atoms. The maximum Gasteiger partial charge on any atom is 0.160 e. The van der Waals surface area contributed by atoms with Gasteiger partial charge in [0.05, 0.1) is 28.0 Å². The zero-order chi connectivity index (χ0) is 41.7. The predicted molar refractivity (Wildman–Crippen MR) is 259 cm³/mol. The van der Waals surface area contributed by atoms with E-state index in [2.05, 4.69) is 212 Å². The average Bonchev–Trinajstić information content (AvgIpc) is 3.68. The van der Waals surface area contributed by atoms with Crippen LogP contribution in [0.5, 0.6) is 0 Å². The lowest BCUT2D eigenvalue weighted by Crippen LogP contribution is -2.28. The Bertz CT molecular complexity index is 3420. The smallest absolute Gasteiger partial charge is 0.160 e. The average molecular weight is 802 g/mol. The van der Waals surface area contributed by atoms with Gasteiger partial charge in [0.25, 0.3) is 0 Å². The standard InChI is InChI=1S/C60H39N3/c1-5-17-40(18-6-1)41-29-31-42(32-30-41)54-39-55(63-59(62-54)45-19-7-2-8-20-45)43-33-35-44(36-34-43)58-57-49(48-25-14-16-28-53(48)61-58)37-38-52-56(57)50-26-13-15-27-51(50)60(52,46-21-9-3-10-22-46)47-23-11-4-12-24-47/h1-39H. The van der Waals surface area contributed by atoms with Crippen LogP contribution in [0.25, 0.3) is 89.1 Å². The first kappa shape index (κ1) is 36.6. The van der Waals surface area contributed by atoms with E-state index in [9.17, 15) is 0 Å². The van der Waals surface area contributed by atoms with Gasteiger partial charge in [0, 0.05) is 33.0 Å². The summed E-state index contributed by atoms with van der Waals surface area (Å²) in [6.45, 7) is 0. The molecule has 12 rings (SSSR count). The third kappa shape index (κ3) is 6.01. The van der Waals surface area contributed by atoms with Gasteiger partial charge in [-0.05, 0) is 62.0 Å². The summed E-state index contributed by atoms with van der Waals surface area (Å²) < 4.78 is 0. The van der Waals surface area contributed by atoms with Gasteiger partial charge in [0.15, 0.2) is 5.82 Å². The molecule has 0 saturated heterocycles. The van der Waals surface area contributed by atoms with Crippen LogP contribution in [0.15, 0.2) is 237 Å². The van der Waals surface area contributed by atoms with Crippen molar-refractivity contribution in [2.75, 3.05) is 0 Å². The van der Waals surface area contributed by atoms with Crippen LogP contribution < -0.4 is 0 Å². The molecule has 2 heterocycles. The molecule has 0 amide bonds. The molecule has 0 unspecified atom stereocenters. The molecule has 0 aliphatic heterocycles. The first-order chi connectivity index (χ1) is 31.2. The quantitative estimate of drug-likeness (QED) is 0.151. The molecule has 0 bridgehead atoms. The second kappa shape index (κ2) is 15.0. The Labute approximate surface area is 366 Å².